The second kappa shape index (κ2) is 14.0. The molecule has 0 unspecified atom stereocenters. The Hall–Kier alpha value is -4.12. The molecule has 0 spiro atoms. The Kier molecular flexibility index (Phi) is 10.5. The van der Waals surface area contributed by atoms with Crippen molar-refractivity contribution in [1.29, 1.82) is 0 Å². The Balaban J connectivity index is 0.000000934. The molecule has 11 heteroatoms. The molecule has 1 saturated carbocycles. The molecule has 6 N–H and O–H groups in total. The number of carbonyl (C=O) groups excluding carboxylic acids is 2. The van der Waals surface area contributed by atoms with Gasteiger partial charge in [-0.1, -0.05) is 19.3 Å². The fourth-order valence-electron chi connectivity index (χ4n) is 4.70. The molecule has 0 bridgehead atoms. The largest absolute Gasteiger partial charge is 0.503 e. The lowest BCUT2D eigenvalue weighted by Crippen LogP contribution is -2.49. The molecule has 0 atom stereocenters. The number of hydrogen-bond donors (Lipinski definition) is 4. The molecular formula is C27H35N5O6. The number of aliphatic imine (C=N–C) groups is 1. The van der Waals surface area contributed by atoms with Crippen molar-refractivity contribution in [3.8, 4) is 5.75 Å². The summed E-state index contributed by atoms with van der Waals surface area (Å²) < 4.78 is 5.43. The number of benzene rings is 2. The molecule has 2 aliphatic rings. The summed E-state index contributed by atoms with van der Waals surface area (Å²) in [6.07, 6.45) is 4.96. The van der Waals surface area contributed by atoms with Crippen LogP contribution in [0.3, 0.4) is 0 Å². The minimum absolute atomic E-state index is 0.0190. The number of nitrogens with two attached hydrogens (primary N) is 2. The number of esters is 1. The summed E-state index contributed by atoms with van der Waals surface area (Å²) in [7, 11) is 0. The van der Waals surface area contributed by atoms with Gasteiger partial charge in [-0.05, 0) is 67.3 Å². The quantitative estimate of drug-likeness (QED) is 0.191. The molecule has 2 fully saturated rings. The second-order valence-corrected chi connectivity index (χ2v) is 9.38. The predicted octanol–water partition coefficient (Wildman–Crippen LogP) is 3.37. The van der Waals surface area contributed by atoms with Crippen molar-refractivity contribution in [1.82, 2.24) is 9.80 Å². The molecule has 2 aromatic carbocycles. The first kappa shape index (κ1) is 28.5. The minimum atomic E-state index is -1.83. The number of nitrogens with zero attached hydrogens (tertiary/aromatic N) is 3. The van der Waals surface area contributed by atoms with Gasteiger partial charge in [0.25, 0.3) is 5.91 Å². The van der Waals surface area contributed by atoms with Gasteiger partial charge in [0.15, 0.2) is 5.96 Å². The van der Waals surface area contributed by atoms with Crippen molar-refractivity contribution in [3.63, 3.8) is 0 Å². The molecular weight excluding hydrogens is 490 g/mol. The highest BCUT2D eigenvalue weighted by Crippen LogP contribution is 2.25. The Morgan fingerprint density at radius 3 is 1.95 bits per heavy atom. The second-order valence-electron chi connectivity index (χ2n) is 9.38. The van der Waals surface area contributed by atoms with E-state index in [0.717, 1.165) is 32.1 Å². The molecule has 38 heavy (non-hydrogen) atoms. The van der Waals surface area contributed by atoms with Crippen LogP contribution in [-0.2, 0) is 0 Å². The number of hydrogen-bond acceptors (Lipinski definition) is 6. The van der Waals surface area contributed by atoms with Crippen molar-refractivity contribution < 1.29 is 29.3 Å². The van der Waals surface area contributed by atoms with E-state index in [-0.39, 0.29) is 11.9 Å². The van der Waals surface area contributed by atoms with Crippen molar-refractivity contribution in [2.45, 2.75) is 32.1 Å². The first-order chi connectivity index (χ1) is 18.2. The van der Waals surface area contributed by atoms with Crippen molar-refractivity contribution in [2.75, 3.05) is 32.7 Å². The highest BCUT2D eigenvalue weighted by molar-refractivity contribution is 5.95. The fourth-order valence-corrected chi connectivity index (χ4v) is 4.70. The Labute approximate surface area is 221 Å². The van der Waals surface area contributed by atoms with Gasteiger partial charge in [0, 0.05) is 38.3 Å². The van der Waals surface area contributed by atoms with Crippen LogP contribution in [0.5, 0.6) is 5.75 Å². The topological polar surface area (TPSA) is 172 Å². The van der Waals surface area contributed by atoms with Gasteiger partial charge in [-0.3, -0.25) is 9.69 Å². The third kappa shape index (κ3) is 9.07. The standard InChI is InChI=1S/C26H33N5O3.CH2O3/c27-26(28)29-22-10-6-21(7-11-22)25(33)34-23-12-8-20(9-13-23)24(32)31-16-14-30(15-17-31)18-19-4-2-1-3-5-19;2-1(3)4/h6-13,19H,1-5,14-18H2,(H4,27,28,29);(H2,2,3,4). The molecule has 1 amide bonds. The van der Waals surface area contributed by atoms with Gasteiger partial charge in [0.05, 0.1) is 11.3 Å². The van der Waals surface area contributed by atoms with Gasteiger partial charge in [-0.2, -0.15) is 0 Å². The zero-order valence-electron chi connectivity index (χ0n) is 21.3. The van der Waals surface area contributed by atoms with E-state index in [9.17, 15) is 9.59 Å². The minimum Gasteiger partial charge on any atom is -0.450 e. The number of carboxylic acid groups (broad SMARTS) is 2. The molecule has 11 nitrogen and oxygen atoms in total. The summed E-state index contributed by atoms with van der Waals surface area (Å²) in [5, 5.41) is 13.9. The van der Waals surface area contributed by atoms with Crippen LogP contribution in [0.25, 0.3) is 0 Å². The van der Waals surface area contributed by atoms with E-state index < -0.39 is 12.1 Å². The van der Waals surface area contributed by atoms with Crippen LogP contribution in [0.2, 0.25) is 0 Å². The van der Waals surface area contributed by atoms with Crippen molar-refractivity contribution in [3.05, 3.63) is 59.7 Å². The average Bonchev–Trinajstić information content (AvgIpc) is 2.89. The molecule has 4 rings (SSSR count). The van der Waals surface area contributed by atoms with Crippen LogP contribution in [-0.4, -0.2) is 76.7 Å². The van der Waals surface area contributed by atoms with E-state index in [2.05, 4.69) is 9.89 Å². The van der Waals surface area contributed by atoms with Crippen LogP contribution in [0.1, 0.15) is 52.8 Å². The van der Waals surface area contributed by atoms with E-state index in [1.54, 1.807) is 48.5 Å². The first-order valence-electron chi connectivity index (χ1n) is 12.7. The van der Waals surface area contributed by atoms with Gasteiger partial charge in [0.2, 0.25) is 0 Å². The zero-order chi connectivity index (χ0) is 27.5. The van der Waals surface area contributed by atoms with Crippen LogP contribution >= 0.6 is 0 Å². The maximum absolute atomic E-state index is 12.9. The predicted molar refractivity (Wildman–Crippen MR) is 143 cm³/mol. The third-order valence-corrected chi connectivity index (χ3v) is 6.57. The van der Waals surface area contributed by atoms with Crippen LogP contribution in [0.4, 0.5) is 10.5 Å². The van der Waals surface area contributed by atoms with Crippen LogP contribution in [0, 0.1) is 5.92 Å². The van der Waals surface area contributed by atoms with Crippen molar-refractivity contribution in [2.24, 2.45) is 22.4 Å². The van der Waals surface area contributed by atoms with Gasteiger partial charge in [-0.25, -0.2) is 14.6 Å². The number of ether oxygens (including phenoxy) is 1. The molecule has 1 saturated heterocycles. The monoisotopic (exact) mass is 525 g/mol. The highest BCUT2D eigenvalue weighted by atomic mass is 16.6. The SMILES string of the molecule is NC(N)=Nc1ccc(C(=O)Oc2ccc(C(=O)N3CCN(CC4CCCCC4)CC3)cc2)cc1.O=C(O)O. The molecule has 0 aromatic heterocycles. The van der Waals surface area contributed by atoms with Gasteiger partial charge in [0.1, 0.15) is 5.75 Å². The summed E-state index contributed by atoms with van der Waals surface area (Å²) in [4.78, 5) is 42.2. The van der Waals surface area contributed by atoms with Crippen LogP contribution < -0.4 is 16.2 Å². The molecule has 1 aliphatic heterocycles. The molecule has 204 valence electrons. The first-order valence-corrected chi connectivity index (χ1v) is 12.7. The Morgan fingerprint density at radius 2 is 1.39 bits per heavy atom. The maximum Gasteiger partial charge on any atom is 0.503 e. The number of amides is 1. The van der Waals surface area contributed by atoms with Gasteiger partial charge >= 0.3 is 12.1 Å². The van der Waals surface area contributed by atoms with E-state index in [1.807, 2.05) is 4.90 Å². The lowest BCUT2D eigenvalue weighted by molar-refractivity contribution is 0.0606. The van der Waals surface area contributed by atoms with Gasteiger partial charge < -0.3 is 31.3 Å². The third-order valence-electron chi connectivity index (χ3n) is 6.57. The lowest BCUT2D eigenvalue weighted by atomic mass is 9.89. The number of piperazine rings is 1. The summed E-state index contributed by atoms with van der Waals surface area (Å²) in [5.74, 6) is 0.677. The summed E-state index contributed by atoms with van der Waals surface area (Å²) >= 11 is 0. The molecule has 2 aromatic rings. The van der Waals surface area contributed by atoms with E-state index in [0.29, 0.717) is 22.6 Å². The van der Waals surface area contributed by atoms with Crippen molar-refractivity contribution >= 4 is 29.7 Å². The van der Waals surface area contributed by atoms with Gasteiger partial charge in [-0.15, -0.1) is 0 Å². The van der Waals surface area contributed by atoms with E-state index in [4.69, 9.17) is 31.2 Å². The smallest absolute Gasteiger partial charge is 0.450 e. The number of guanidine groups is 1. The zero-order valence-corrected chi connectivity index (χ0v) is 21.3. The normalized spacial score (nSPS) is 16.1. The summed E-state index contributed by atoms with van der Waals surface area (Å²) in [6, 6.07) is 13.2. The Morgan fingerprint density at radius 1 is 0.842 bits per heavy atom. The van der Waals surface area contributed by atoms with E-state index in [1.165, 1.54) is 38.6 Å². The molecule has 0 radical (unpaired) electrons. The molecule has 1 aliphatic carbocycles. The maximum atomic E-state index is 12.9. The highest BCUT2D eigenvalue weighted by Gasteiger charge is 2.24. The number of rotatable bonds is 6. The van der Waals surface area contributed by atoms with E-state index >= 15 is 0 Å². The summed E-state index contributed by atoms with van der Waals surface area (Å²) in [6.45, 7) is 4.52. The average molecular weight is 526 g/mol. The van der Waals surface area contributed by atoms with Crippen LogP contribution in [0.15, 0.2) is 53.5 Å². The molecule has 1 heterocycles. The number of carbonyl (C=O) groups is 3. The lowest BCUT2D eigenvalue weighted by Gasteiger charge is -2.37. The fraction of sp³-hybridized carbons (Fsp3) is 0.407. The Bertz CT molecular complexity index is 1100. The summed E-state index contributed by atoms with van der Waals surface area (Å²) in [5.41, 5.74) is 12.2.